The van der Waals surface area contributed by atoms with Crippen molar-refractivity contribution < 1.29 is 9.59 Å². The fraction of sp³-hybridized carbons (Fsp3) is 0.462. The van der Waals surface area contributed by atoms with Gasteiger partial charge in [0.05, 0.1) is 0 Å². The van der Waals surface area contributed by atoms with Crippen LogP contribution < -0.4 is 16.0 Å². The average molecular weight is 422 g/mol. The van der Waals surface area contributed by atoms with E-state index in [2.05, 4.69) is 5.32 Å². The minimum Gasteiger partial charge on any atom is -0.399 e. The van der Waals surface area contributed by atoms with Crippen LogP contribution in [0.15, 0.2) is 54.6 Å². The van der Waals surface area contributed by atoms with Gasteiger partial charge < -0.3 is 11.1 Å². The van der Waals surface area contributed by atoms with Crippen molar-refractivity contribution in [2.75, 3.05) is 10.6 Å². The van der Waals surface area contributed by atoms with Crippen LogP contribution in [0.3, 0.4) is 0 Å². The minimum absolute atomic E-state index is 0.0555. The van der Waals surface area contributed by atoms with E-state index in [0.29, 0.717) is 17.1 Å². The first-order chi connectivity index (χ1) is 15.1. The van der Waals surface area contributed by atoms with Gasteiger partial charge in [-0.1, -0.05) is 76.0 Å². The lowest BCUT2D eigenvalue weighted by Gasteiger charge is -2.25. The number of nitrogens with two attached hydrogens (primary N) is 1. The number of nitrogens with zero attached hydrogens (tertiary/aromatic N) is 1. The van der Waals surface area contributed by atoms with Gasteiger partial charge in [0, 0.05) is 23.1 Å². The number of anilines is 3. The Hall–Kier alpha value is -2.82. The highest BCUT2D eigenvalue weighted by Gasteiger charge is 2.26. The fourth-order valence-corrected chi connectivity index (χ4v) is 4.24. The Morgan fingerprint density at radius 3 is 1.74 bits per heavy atom. The Bertz CT molecular complexity index is 808. The van der Waals surface area contributed by atoms with Crippen LogP contribution in [0.2, 0.25) is 0 Å². The molecule has 0 bridgehead atoms. The van der Waals surface area contributed by atoms with Gasteiger partial charge in [-0.2, -0.15) is 0 Å². The maximum atomic E-state index is 13.3. The molecule has 31 heavy (non-hydrogen) atoms. The zero-order valence-electron chi connectivity index (χ0n) is 18.4. The van der Waals surface area contributed by atoms with Crippen LogP contribution in [0.1, 0.15) is 70.6 Å². The summed E-state index contributed by atoms with van der Waals surface area (Å²) in [6, 6.07) is 16.3. The molecule has 2 amide bonds. The Labute approximate surface area is 186 Å². The van der Waals surface area contributed by atoms with Gasteiger partial charge in [-0.3, -0.25) is 14.5 Å². The Balaban J connectivity index is 1.72. The normalized spacial score (nSPS) is 16.5. The zero-order valence-corrected chi connectivity index (χ0v) is 18.4. The van der Waals surface area contributed by atoms with Crippen molar-refractivity contribution >= 4 is 28.9 Å². The molecule has 2 aromatic carbocycles. The van der Waals surface area contributed by atoms with Gasteiger partial charge in [0.2, 0.25) is 0 Å². The summed E-state index contributed by atoms with van der Waals surface area (Å²) in [6.45, 7) is 0. The third-order valence-corrected chi connectivity index (χ3v) is 6.00. The molecular formula is C26H35N3O2. The van der Waals surface area contributed by atoms with E-state index < -0.39 is 11.8 Å². The van der Waals surface area contributed by atoms with E-state index in [1.165, 1.54) is 49.8 Å². The first-order valence-corrected chi connectivity index (χ1v) is 11.7. The van der Waals surface area contributed by atoms with Crippen LogP contribution in [0.4, 0.5) is 17.1 Å². The Morgan fingerprint density at radius 1 is 0.710 bits per heavy atom. The van der Waals surface area contributed by atoms with E-state index in [1.807, 2.05) is 30.3 Å². The predicted octanol–water partition coefficient (Wildman–Crippen LogP) is 5.72. The minimum atomic E-state index is -0.568. The largest absolute Gasteiger partial charge is 0.399 e. The zero-order chi connectivity index (χ0) is 21.9. The summed E-state index contributed by atoms with van der Waals surface area (Å²) in [6.07, 6.45) is 12.9. The molecule has 3 N–H and O–H groups in total. The van der Waals surface area contributed by atoms with Crippen molar-refractivity contribution in [2.24, 2.45) is 0 Å². The molecule has 2 aromatic rings. The van der Waals surface area contributed by atoms with E-state index in [4.69, 9.17) is 5.73 Å². The smallest absolute Gasteiger partial charge is 0.320 e. The first-order valence-electron chi connectivity index (χ1n) is 11.7. The number of amides is 2. The molecule has 166 valence electrons. The summed E-state index contributed by atoms with van der Waals surface area (Å²) in [5, 5.41) is 3.05. The highest BCUT2D eigenvalue weighted by Crippen LogP contribution is 2.26. The first kappa shape index (κ1) is 22.9. The van der Waals surface area contributed by atoms with Crippen molar-refractivity contribution in [3.05, 3.63) is 54.6 Å². The van der Waals surface area contributed by atoms with Crippen LogP contribution in [-0.2, 0) is 9.59 Å². The highest BCUT2D eigenvalue weighted by molar-refractivity contribution is 6.42. The second-order valence-corrected chi connectivity index (χ2v) is 8.50. The van der Waals surface area contributed by atoms with Gasteiger partial charge >= 0.3 is 11.8 Å². The number of carbonyl (C=O) groups is 2. The monoisotopic (exact) mass is 421 g/mol. The van der Waals surface area contributed by atoms with Crippen LogP contribution in [0.5, 0.6) is 0 Å². The molecule has 0 aromatic heterocycles. The number of para-hydroxylation sites is 1. The predicted molar refractivity (Wildman–Crippen MR) is 127 cm³/mol. The van der Waals surface area contributed by atoms with Crippen LogP contribution >= 0.6 is 0 Å². The maximum Gasteiger partial charge on any atom is 0.320 e. The van der Waals surface area contributed by atoms with Gasteiger partial charge in [-0.15, -0.1) is 0 Å². The number of rotatable bonds is 3. The van der Waals surface area contributed by atoms with Crippen LogP contribution in [0.25, 0.3) is 0 Å². The molecule has 0 aliphatic heterocycles. The summed E-state index contributed by atoms with van der Waals surface area (Å²) in [7, 11) is 0. The molecule has 5 nitrogen and oxygen atoms in total. The van der Waals surface area contributed by atoms with Crippen molar-refractivity contribution in [3.8, 4) is 0 Å². The molecule has 0 saturated heterocycles. The van der Waals surface area contributed by atoms with Crippen molar-refractivity contribution in [1.82, 2.24) is 5.32 Å². The molecule has 1 aliphatic rings. The molecule has 1 fully saturated rings. The lowest BCUT2D eigenvalue weighted by atomic mass is 9.98. The number of nitrogens with one attached hydrogen (secondary N) is 1. The van der Waals surface area contributed by atoms with Gasteiger partial charge in [0.15, 0.2) is 0 Å². The summed E-state index contributed by atoms with van der Waals surface area (Å²) in [5.74, 6) is -1.11. The van der Waals surface area contributed by atoms with Crippen LogP contribution in [0, 0.1) is 0 Å². The average Bonchev–Trinajstić information content (AvgIpc) is 2.77. The Morgan fingerprint density at radius 2 is 1.19 bits per heavy atom. The van der Waals surface area contributed by atoms with Gasteiger partial charge in [0.1, 0.15) is 0 Å². The number of hydrogen-bond acceptors (Lipinski definition) is 3. The third-order valence-electron chi connectivity index (χ3n) is 6.00. The van der Waals surface area contributed by atoms with Crippen LogP contribution in [-0.4, -0.2) is 17.9 Å². The van der Waals surface area contributed by atoms with Gasteiger partial charge in [-0.05, 0) is 49.2 Å². The second-order valence-electron chi connectivity index (χ2n) is 8.50. The molecule has 5 heteroatoms. The van der Waals surface area contributed by atoms with Crippen molar-refractivity contribution in [1.29, 1.82) is 0 Å². The number of benzene rings is 2. The molecular weight excluding hydrogens is 386 g/mol. The highest BCUT2D eigenvalue weighted by atomic mass is 16.2. The topological polar surface area (TPSA) is 75.4 Å². The maximum absolute atomic E-state index is 13.3. The second kappa shape index (κ2) is 12.1. The quantitative estimate of drug-likeness (QED) is 0.491. The van der Waals surface area contributed by atoms with Crippen molar-refractivity contribution in [2.45, 2.75) is 76.7 Å². The summed E-state index contributed by atoms with van der Waals surface area (Å²) < 4.78 is 0. The lowest BCUT2D eigenvalue weighted by molar-refractivity contribution is -0.137. The Kier molecular flexibility index (Phi) is 8.95. The number of hydrogen-bond donors (Lipinski definition) is 2. The van der Waals surface area contributed by atoms with E-state index >= 15 is 0 Å². The van der Waals surface area contributed by atoms with Crippen molar-refractivity contribution in [3.63, 3.8) is 0 Å². The summed E-state index contributed by atoms with van der Waals surface area (Å²) in [5.41, 5.74) is 7.71. The van der Waals surface area contributed by atoms with E-state index in [0.717, 1.165) is 25.7 Å². The third kappa shape index (κ3) is 7.12. The molecule has 1 saturated carbocycles. The molecule has 0 heterocycles. The molecule has 3 rings (SSSR count). The van der Waals surface area contributed by atoms with E-state index in [-0.39, 0.29) is 6.04 Å². The molecule has 0 spiro atoms. The molecule has 0 atom stereocenters. The lowest BCUT2D eigenvalue weighted by Crippen LogP contribution is -2.45. The standard InChI is InChI=1S/C26H35N3O2/c27-21-17-19-24(20-18-21)29(23-15-11-8-12-16-23)26(31)25(30)28-22-13-9-6-4-2-1-3-5-7-10-14-22/h8,11-12,15-20,22H,1-7,9-10,13-14,27H2,(H,28,30). The number of carbonyl (C=O) groups excluding carboxylic acids is 2. The molecule has 0 unspecified atom stereocenters. The van der Waals surface area contributed by atoms with E-state index in [1.54, 1.807) is 24.3 Å². The SMILES string of the molecule is Nc1ccc(N(C(=O)C(=O)NC2CCCCCCCCCCC2)c2ccccc2)cc1. The molecule has 0 radical (unpaired) electrons. The van der Waals surface area contributed by atoms with Gasteiger partial charge in [-0.25, -0.2) is 0 Å². The molecule has 1 aliphatic carbocycles. The number of nitrogen functional groups attached to an aromatic ring is 1. The summed E-state index contributed by atoms with van der Waals surface area (Å²) >= 11 is 0. The summed E-state index contributed by atoms with van der Waals surface area (Å²) in [4.78, 5) is 27.7. The van der Waals surface area contributed by atoms with Gasteiger partial charge in [0.25, 0.3) is 0 Å². The fourth-order valence-electron chi connectivity index (χ4n) is 4.24. The van der Waals surface area contributed by atoms with E-state index in [9.17, 15) is 9.59 Å².